The van der Waals surface area contributed by atoms with E-state index in [1.807, 2.05) is 14.0 Å². The molecular weight excluding hydrogens is 272 g/mol. The van der Waals surface area contributed by atoms with Gasteiger partial charge in [0.1, 0.15) is 17.5 Å². The maximum Gasteiger partial charge on any atom is 0.136 e. The lowest BCUT2D eigenvalue weighted by molar-refractivity contribution is 0.678. The molecule has 1 saturated carbocycles. The van der Waals surface area contributed by atoms with Gasteiger partial charge in [0.25, 0.3) is 0 Å². The summed E-state index contributed by atoms with van der Waals surface area (Å²) >= 11 is 0. The molecule has 1 aromatic heterocycles. The van der Waals surface area contributed by atoms with Crippen LogP contribution in [0.4, 0.5) is 11.6 Å². The summed E-state index contributed by atoms with van der Waals surface area (Å²) in [4.78, 5) is 9.26. The fourth-order valence-electron chi connectivity index (χ4n) is 2.09. The van der Waals surface area contributed by atoms with Gasteiger partial charge in [-0.1, -0.05) is 0 Å². The highest BCUT2D eigenvalue weighted by Gasteiger charge is 2.28. The second-order valence-electron chi connectivity index (χ2n) is 5.54. The summed E-state index contributed by atoms with van der Waals surface area (Å²) in [6.07, 6.45) is 5.00. The van der Waals surface area contributed by atoms with Gasteiger partial charge in [0.2, 0.25) is 0 Å². The summed E-state index contributed by atoms with van der Waals surface area (Å²) in [6.45, 7) is 4.12. The van der Waals surface area contributed by atoms with Crippen LogP contribution in [-0.2, 0) is 10.8 Å². The van der Waals surface area contributed by atoms with Crippen molar-refractivity contribution in [3.63, 3.8) is 0 Å². The van der Waals surface area contributed by atoms with E-state index in [9.17, 15) is 4.21 Å². The van der Waals surface area contributed by atoms with E-state index in [1.54, 1.807) is 6.26 Å². The van der Waals surface area contributed by atoms with Crippen LogP contribution in [0.1, 0.15) is 43.5 Å². The van der Waals surface area contributed by atoms with Crippen LogP contribution in [0.5, 0.6) is 0 Å². The smallest absolute Gasteiger partial charge is 0.136 e. The van der Waals surface area contributed by atoms with Crippen LogP contribution in [-0.4, -0.2) is 39.3 Å². The Morgan fingerprint density at radius 2 is 2.00 bits per heavy atom. The summed E-state index contributed by atoms with van der Waals surface area (Å²) in [7, 11) is 1.15. The highest BCUT2D eigenvalue weighted by atomic mass is 32.2. The number of hydrogen-bond acceptors (Lipinski definition) is 5. The Kier molecular flexibility index (Phi) is 4.96. The lowest BCUT2D eigenvalue weighted by Crippen LogP contribution is -2.20. The van der Waals surface area contributed by atoms with E-state index in [1.165, 1.54) is 12.8 Å². The van der Waals surface area contributed by atoms with Gasteiger partial charge in [0, 0.05) is 47.4 Å². The fourth-order valence-corrected chi connectivity index (χ4v) is 2.78. The molecular formula is C14H24N4OS. The average molecular weight is 296 g/mol. The highest BCUT2D eigenvalue weighted by Crippen LogP contribution is 2.39. The predicted octanol–water partition coefficient (Wildman–Crippen LogP) is 2.27. The van der Waals surface area contributed by atoms with Gasteiger partial charge in [0.05, 0.1) is 0 Å². The van der Waals surface area contributed by atoms with E-state index in [2.05, 4.69) is 27.5 Å². The molecule has 0 amide bonds. The molecule has 1 aliphatic rings. The minimum absolute atomic E-state index is 0.254. The third-order valence-electron chi connectivity index (χ3n) is 3.56. The molecule has 1 aliphatic carbocycles. The molecule has 2 rings (SSSR count). The van der Waals surface area contributed by atoms with Crippen molar-refractivity contribution in [3.8, 4) is 0 Å². The van der Waals surface area contributed by atoms with Crippen molar-refractivity contribution in [1.29, 1.82) is 0 Å². The van der Waals surface area contributed by atoms with E-state index in [4.69, 9.17) is 0 Å². The van der Waals surface area contributed by atoms with Crippen molar-refractivity contribution in [3.05, 3.63) is 11.4 Å². The molecule has 0 spiro atoms. The maximum atomic E-state index is 11.2. The van der Waals surface area contributed by atoms with Gasteiger partial charge in [-0.05, 0) is 33.1 Å². The normalized spacial score (nSPS) is 17.6. The van der Waals surface area contributed by atoms with Crippen molar-refractivity contribution in [2.75, 3.05) is 29.7 Å². The van der Waals surface area contributed by atoms with Crippen molar-refractivity contribution in [2.24, 2.45) is 0 Å². The first-order valence-electron chi connectivity index (χ1n) is 7.14. The first-order valence-corrected chi connectivity index (χ1v) is 8.86. The SMILES string of the molecule is CNc1nc(C2CC2)nc(NC(C)CCS(C)=O)c1C. The molecule has 6 heteroatoms. The number of hydrogen-bond donors (Lipinski definition) is 2. The van der Waals surface area contributed by atoms with Gasteiger partial charge >= 0.3 is 0 Å². The number of nitrogens with zero attached hydrogens (tertiary/aromatic N) is 2. The molecule has 2 unspecified atom stereocenters. The topological polar surface area (TPSA) is 66.9 Å². The summed E-state index contributed by atoms with van der Waals surface area (Å²) < 4.78 is 11.2. The zero-order valence-corrected chi connectivity index (χ0v) is 13.5. The molecule has 2 N–H and O–H groups in total. The van der Waals surface area contributed by atoms with E-state index < -0.39 is 10.8 Å². The predicted molar refractivity (Wildman–Crippen MR) is 84.9 cm³/mol. The lowest BCUT2D eigenvalue weighted by Gasteiger charge is -2.18. The zero-order chi connectivity index (χ0) is 14.7. The average Bonchev–Trinajstić information content (AvgIpc) is 3.23. The summed E-state index contributed by atoms with van der Waals surface area (Å²) in [5, 5.41) is 6.58. The van der Waals surface area contributed by atoms with Crippen LogP contribution in [0.3, 0.4) is 0 Å². The molecule has 1 aromatic rings. The molecule has 0 saturated heterocycles. The van der Waals surface area contributed by atoms with Crippen LogP contribution in [0, 0.1) is 6.92 Å². The van der Waals surface area contributed by atoms with Gasteiger partial charge in [-0.3, -0.25) is 4.21 Å². The van der Waals surface area contributed by atoms with Crippen molar-refractivity contribution in [2.45, 2.75) is 45.1 Å². The third-order valence-corrected chi connectivity index (χ3v) is 4.37. The van der Waals surface area contributed by atoms with Crippen molar-refractivity contribution >= 4 is 22.4 Å². The Labute approximate surface area is 123 Å². The van der Waals surface area contributed by atoms with Gasteiger partial charge < -0.3 is 10.6 Å². The molecule has 2 atom stereocenters. The second-order valence-corrected chi connectivity index (χ2v) is 7.09. The van der Waals surface area contributed by atoms with Gasteiger partial charge in [0.15, 0.2) is 0 Å². The van der Waals surface area contributed by atoms with Crippen molar-refractivity contribution in [1.82, 2.24) is 9.97 Å². The highest BCUT2D eigenvalue weighted by molar-refractivity contribution is 7.84. The molecule has 20 heavy (non-hydrogen) atoms. The molecule has 0 bridgehead atoms. The lowest BCUT2D eigenvalue weighted by atomic mass is 10.2. The maximum absolute atomic E-state index is 11.2. The Bertz CT molecular complexity index is 502. The number of anilines is 2. The van der Waals surface area contributed by atoms with Crippen LogP contribution in [0.25, 0.3) is 0 Å². The minimum atomic E-state index is -0.742. The summed E-state index contributed by atoms with van der Waals surface area (Å²) in [5.41, 5.74) is 1.04. The quantitative estimate of drug-likeness (QED) is 0.808. The van der Waals surface area contributed by atoms with E-state index in [-0.39, 0.29) is 6.04 Å². The Hall–Kier alpha value is -1.17. The molecule has 0 aliphatic heterocycles. The van der Waals surface area contributed by atoms with E-state index in [0.717, 1.165) is 29.4 Å². The standard InChI is InChI=1S/C14H24N4OS/c1-9(7-8-20(4)19)16-13-10(2)12(15-3)17-14(18-13)11-5-6-11/h9,11H,5-8H2,1-4H3,(H2,15,16,17,18). The zero-order valence-electron chi connectivity index (χ0n) is 12.7. The van der Waals surface area contributed by atoms with E-state index >= 15 is 0 Å². The van der Waals surface area contributed by atoms with Gasteiger partial charge in [-0.25, -0.2) is 9.97 Å². The molecule has 0 aromatic carbocycles. The fraction of sp³-hybridized carbons (Fsp3) is 0.714. The van der Waals surface area contributed by atoms with Gasteiger partial charge in [-0.2, -0.15) is 0 Å². The molecule has 0 radical (unpaired) electrons. The Balaban J connectivity index is 2.12. The van der Waals surface area contributed by atoms with Crippen LogP contribution in [0.15, 0.2) is 0 Å². The molecule has 1 fully saturated rings. The molecule has 1 heterocycles. The van der Waals surface area contributed by atoms with Crippen molar-refractivity contribution < 1.29 is 4.21 Å². The van der Waals surface area contributed by atoms with Gasteiger partial charge in [-0.15, -0.1) is 0 Å². The van der Waals surface area contributed by atoms with Crippen LogP contribution >= 0.6 is 0 Å². The monoisotopic (exact) mass is 296 g/mol. The van der Waals surface area contributed by atoms with E-state index in [0.29, 0.717) is 11.7 Å². The number of nitrogens with one attached hydrogen (secondary N) is 2. The minimum Gasteiger partial charge on any atom is -0.373 e. The molecule has 112 valence electrons. The number of aromatic nitrogens is 2. The largest absolute Gasteiger partial charge is 0.373 e. The third kappa shape index (κ3) is 3.91. The first kappa shape index (κ1) is 15.2. The Morgan fingerprint density at radius 1 is 1.35 bits per heavy atom. The molecule has 5 nitrogen and oxygen atoms in total. The summed E-state index contributed by atoms with van der Waals surface area (Å²) in [6, 6.07) is 0.254. The second kappa shape index (κ2) is 6.52. The van der Waals surface area contributed by atoms with Crippen LogP contribution < -0.4 is 10.6 Å². The summed E-state index contributed by atoms with van der Waals surface area (Å²) in [5.74, 6) is 3.99. The Morgan fingerprint density at radius 3 is 2.55 bits per heavy atom. The number of rotatable bonds is 7. The first-order chi connectivity index (χ1) is 9.51. The van der Waals surface area contributed by atoms with Crippen LogP contribution in [0.2, 0.25) is 0 Å².